The number of halogens is 1. The first-order chi connectivity index (χ1) is 8.61. The van der Waals surface area contributed by atoms with Gasteiger partial charge in [-0.2, -0.15) is 0 Å². The summed E-state index contributed by atoms with van der Waals surface area (Å²) in [6.45, 7) is 2.84. The van der Waals surface area contributed by atoms with Crippen molar-refractivity contribution in [2.75, 3.05) is 6.61 Å². The van der Waals surface area contributed by atoms with Crippen molar-refractivity contribution in [3.05, 3.63) is 34.3 Å². The summed E-state index contributed by atoms with van der Waals surface area (Å²) in [5, 5.41) is 10.7. The Morgan fingerprint density at radius 1 is 1.39 bits per heavy atom. The maximum atomic E-state index is 10.7. The van der Waals surface area contributed by atoms with E-state index in [2.05, 4.69) is 35.0 Å². The molecule has 2 rings (SSSR count). The van der Waals surface area contributed by atoms with Crippen LogP contribution in [-0.4, -0.2) is 23.4 Å². The Labute approximate surface area is 117 Å². The van der Waals surface area contributed by atoms with E-state index < -0.39 is 5.60 Å². The Morgan fingerprint density at radius 2 is 2.11 bits per heavy atom. The van der Waals surface area contributed by atoms with Crippen LogP contribution in [0.15, 0.2) is 28.7 Å². The highest BCUT2D eigenvalue weighted by Crippen LogP contribution is 2.30. The minimum absolute atomic E-state index is 0.226. The molecule has 0 aromatic heterocycles. The molecule has 1 aliphatic heterocycles. The molecule has 1 aromatic rings. The lowest BCUT2D eigenvalue weighted by molar-refractivity contribution is -0.104. The van der Waals surface area contributed by atoms with Gasteiger partial charge in [-0.25, -0.2) is 0 Å². The number of ether oxygens (including phenoxy) is 1. The molecule has 1 N–H and O–H groups in total. The number of hydrogen-bond donors (Lipinski definition) is 1. The second-order valence-electron chi connectivity index (χ2n) is 5.26. The Morgan fingerprint density at radius 3 is 2.78 bits per heavy atom. The van der Waals surface area contributed by atoms with Gasteiger partial charge in [0.25, 0.3) is 0 Å². The van der Waals surface area contributed by atoms with E-state index in [1.54, 1.807) is 0 Å². The Hall–Kier alpha value is -0.380. The van der Waals surface area contributed by atoms with E-state index in [0.29, 0.717) is 6.61 Å². The molecule has 18 heavy (non-hydrogen) atoms. The summed E-state index contributed by atoms with van der Waals surface area (Å²) in [5.41, 5.74) is 0.601. The van der Waals surface area contributed by atoms with Crippen LogP contribution in [0.3, 0.4) is 0 Å². The van der Waals surface area contributed by atoms with E-state index in [4.69, 9.17) is 4.74 Å². The van der Waals surface area contributed by atoms with Crippen LogP contribution in [0.2, 0.25) is 0 Å². The fourth-order valence-electron chi connectivity index (χ4n) is 2.65. The van der Waals surface area contributed by atoms with Gasteiger partial charge in [0, 0.05) is 23.9 Å². The van der Waals surface area contributed by atoms with Crippen molar-refractivity contribution >= 4 is 15.9 Å². The summed E-state index contributed by atoms with van der Waals surface area (Å²) in [6.07, 6.45) is 4.61. The average Bonchev–Trinajstić information content (AvgIpc) is 2.32. The SMILES string of the molecule is CCCC1CC(O)(Cc2ccc(Br)cc2)CCO1. The first-order valence-corrected chi connectivity index (χ1v) is 7.49. The van der Waals surface area contributed by atoms with Gasteiger partial charge in [-0.15, -0.1) is 0 Å². The third kappa shape index (κ3) is 3.81. The van der Waals surface area contributed by atoms with Crippen molar-refractivity contribution in [1.82, 2.24) is 0 Å². The van der Waals surface area contributed by atoms with Crippen LogP contribution in [0.1, 0.15) is 38.2 Å². The smallest absolute Gasteiger partial charge is 0.0734 e. The zero-order valence-electron chi connectivity index (χ0n) is 10.9. The molecule has 0 spiro atoms. The highest BCUT2D eigenvalue weighted by atomic mass is 79.9. The van der Waals surface area contributed by atoms with Crippen molar-refractivity contribution in [1.29, 1.82) is 0 Å². The first kappa shape index (κ1) is 14.0. The molecule has 2 nitrogen and oxygen atoms in total. The molecule has 2 unspecified atom stereocenters. The monoisotopic (exact) mass is 312 g/mol. The Bertz CT molecular complexity index is 375. The molecule has 0 amide bonds. The predicted octanol–water partition coefficient (Wildman–Crippen LogP) is 3.70. The number of aliphatic hydroxyl groups is 1. The standard InChI is InChI=1S/C15H21BrO2/c1-2-3-14-11-15(17,8-9-18-14)10-12-4-6-13(16)7-5-12/h4-7,14,17H,2-3,8-11H2,1H3. The summed E-state index contributed by atoms with van der Waals surface area (Å²) in [4.78, 5) is 0. The van der Waals surface area contributed by atoms with Crippen molar-refractivity contribution in [3.63, 3.8) is 0 Å². The molecular formula is C15H21BrO2. The molecule has 0 saturated carbocycles. The minimum Gasteiger partial charge on any atom is -0.389 e. The van der Waals surface area contributed by atoms with E-state index in [-0.39, 0.29) is 6.10 Å². The van der Waals surface area contributed by atoms with Crippen LogP contribution in [0.4, 0.5) is 0 Å². The molecule has 0 bridgehead atoms. The van der Waals surface area contributed by atoms with Gasteiger partial charge in [0.1, 0.15) is 0 Å². The van der Waals surface area contributed by atoms with E-state index in [0.717, 1.165) is 36.6 Å². The highest BCUT2D eigenvalue weighted by Gasteiger charge is 2.34. The molecular weight excluding hydrogens is 292 g/mol. The molecule has 2 atom stereocenters. The summed E-state index contributed by atoms with van der Waals surface area (Å²) in [5.74, 6) is 0. The average molecular weight is 313 g/mol. The van der Waals surface area contributed by atoms with E-state index >= 15 is 0 Å². The van der Waals surface area contributed by atoms with E-state index in [9.17, 15) is 5.11 Å². The van der Waals surface area contributed by atoms with Crippen LogP contribution in [0.5, 0.6) is 0 Å². The molecule has 3 heteroatoms. The third-order valence-corrected chi connectivity index (χ3v) is 4.11. The van der Waals surface area contributed by atoms with Gasteiger partial charge in [0.15, 0.2) is 0 Å². The lowest BCUT2D eigenvalue weighted by Gasteiger charge is -2.37. The first-order valence-electron chi connectivity index (χ1n) is 6.70. The van der Waals surface area contributed by atoms with E-state index in [1.807, 2.05) is 12.1 Å². The lowest BCUT2D eigenvalue weighted by Crippen LogP contribution is -2.42. The van der Waals surface area contributed by atoms with Crippen LogP contribution >= 0.6 is 15.9 Å². The van der Waals surface area contributed by atoms with E-state index in [1.165, 1.54) is 5.56 Å². The zero-order chi connectivity index (χ0) is 13.0. The molecule has 1 heterocycles. The number of hydrogen-bond acceptors (Lipinski definition) is 2. The summed E-state index contributed by atoms with van der Waals surface area (Å²) >= 11 is 3.43. The van der Waals surface area contributed by atoms with Crippen LogP contribution in [-0.2, 0) is 11.2 Å². The molecule has 100 valence electrons. The lowest BCUT2D eigenvalue weighted by atomic mass is 9.83. The van der Waals surface area contributed by atoms with Crippen molar-refractivity contribution in [3.8, 4) is 0 Å². The van der Waals surface area contributed by atoms with Gasteiger partial charge >= 0.3 is 0 Å². The maximum Gasteiger partial charge on any atom is 0.0734 e. The largest absolute Gasteiger partial charge is 0.389 e. The number of benzene rings is 1. The molecule has 0 aliphatic carbocycles. The third-order valence-electron chi connectivity index (χ3n) is 3.59. The van der Waals surface area contributed by atoms with Gasteiger partial charge in [-0.05, 0) is 30.5 Å². The topological polar surface area (TPSA) is 29.5 Å². The van der Waals surface area contributed by atoms with Crippen LogP contribution in [0, 0.1) is 0 Å². The van der Waals surface area contributed by atoms with Crippen molar-refractivity contribution in [2.24, 2.45) is 0 Å². The molecule has 1 aromatic carbocycles. The van der Waals surface area contributed by atoms with Gasteiger partial charge in [-0.1, -0.05) is 41.4 Å². The fraction of sp³-hybridized carbons (Fsp3) is 0.600. The zero-order valence-corrected chi connectivity index (χ0v) is 12.4. The second-order valence-corrected chi connectivity index (χ2v) is 6.18. The quantitative estimate of drug-likeness (QED) is 0.918. The number of rotatable bonds is 4. The molecule has 1 saturated heterocycles. The Kier molecular flexibility index (Phi) is 4.82. The summed E-state index contributed by atoms with van der Waals surface area (Å²) < 4.78 is 6.78. The fourth-order valence-corrected chi connectivity index (χ4v) is 2.91. The summed E-state index contributed by atoms with van der Waals surface area (Å²) in [6, 6.07) is 8.21. The van der Waals surface area contributed by atoms with Gasteiger partial charge in [0.2, 0.25) is 0 Å². The highest BCUT2D eigenvalue weighted by molar-refractivity contribution is 9.10. The van der Waals surface area contributed by atoms with Gasteiger partial charge < -0.3 is 9.84 Å². The van der Waals surface area contributed by atoms with Crippen LogP contribution < -0.4 is 0 Å². The van der Waals surface area contributed by atoms with Gasteiger partial charge in [0.05, 0.1) is 11.7 Å². The normalized spacial score (nSPS) is 28.3. The second kappa shape index (κ2) is 6.18. The Balaban J connectivity index is 1.99. The minimum atomic E-state index is -0.591. The summed E-state index contributed by atoms with van der Waals surface area (Å²) in [7, 11) is 0. The molecule has 0 radical (unpaired) electrons. The molecule has 1 aliphatic rings. The van der Waals surface area contributed by atoms with Crippen molar-refractivity contribution < 1.29 is 9.84 Å². The molecule has 1 fully saturated rings. The van der Waals surface area contributed by atoms with Crippen molar-refractivity contribution in [2.45, 2.75) is 50.7 Å². The predicted molar refractivity (Wildman–Crippen MR) is 76.7 cm³/mol. The maximum absolute atomic E-state index is 10.7. The van der Waals surface area contributed by atoms with Crippen LogP contribution in [0.25, 0.3) is 0 Å². The van der Waals surface area contributed by atoms with Gasteiger partial charge in [-0.3, -0.25) is 0 Å².